The van der Waals surface area contributed by atoms with Gasteiger partial charge in [0.15, 0.2) is 11.6 Å². The smallest absolute Gasteiger partial charge is 0.235 e. The van der Waals surface area contributed by atoms with Crippen molar-refractivity contribution >= 4 is 28.4 Å². The predicted molar refractivity (Wildman–Crippen MR) is 148 cm³/mol. The van der Waals surface area contributed by atoms with Crippen LogP contribution in [-0.4, -0.2) is 51.4 Å². The van der Waals surface area contributed by atoms with Crippen molar-refractivity contribution < 1.29 is 24.2 Å². The van der Waals surface area contributed by atoms with Crippen LogP contribution in [-0.2, 0) is 25.5 Å². The summed E-state index contributed by atoms with van der Waals surface area (Å²) in [6.07, 6.45) is 9.89. The van der Waals surface area contributed by atoms with Gasteiger partial charge in [0.25, 0.3) is 0 Å². The van der Waals surface area contributed by atoms with Crippen LogP contribution in [0.25, 0.3) is 10.9 Å². The number of para-hydroxylation sites is 1. The Balaban J connectivity index is 1.46. The van der Waals surface area contributed by atoms with Crippen molar-refractivity contribution in [3.8, 4) is 0 Å². The molecule has 0 bridgehead atoms. The molecule has 2 saturated heterocycles. The highest BCUT2D eigenvalue weighted by molar-refractivity contribution is 6.15. The third kappa shape index (κ3) is 3.81. The molecule has 7 nitrogen and oxygen atoms in total. The zero-order valence-corrected chi connectivity index (χ0v) is 22.8. The van der Waals surface area contributed by atoms with E-state index in [2.05, 4.69) is 30.2 Å². The van der Waals surface area contributed by atoms with Crippen molar-refractivity contribution in [1.82, 2.24) is 10.3 Å². The molecule has 39 heavy (non-hydrogen) atoms. The fourth-order valence-corrected chi connectivity index (χ4v) is 7.66. The lowest BCUT2D eigenvalue weighted by Gasteiger charge is -2.45. The highest BCUT2D eigenvalue weighted by Crippen LogP contribution is 2.66. The third-order valence-corrected chi connectivity index (χ3v) is 9.86. The number of fused-ring (bicyclic) bond motifs is 3. The molecule has 204 valence electrons. The number of carbonyl (C=O) groups excluding carboxylic acids is 3. The van der Waals surface area contributed by atoms with E-state index in [4.69, 9.17) is 4.74 Å². The standard InChI is InChI=1S/C32H36N2O5/c1-17-8-7-10-22-29-31(4,39-29)19(3)27-24(15-20-16-33-23-11-6-5-9-21(20)23)34-30(38)32(22,27)26(36)13-12-25(35)28(37)18(2)14-17/h5-7,9-14,16-17,19,22,24,27-29,33,37H,8,15H2,1-4H3,(H,34,38)/b10-7+,13-12+,18-14-/t17-,19-,22-,24-,27-,28?,29-,31+,32-/m0/s1. The number of ketones is 2. The number of hydrogen-bond donors (Lipinski definition) is 3. The fourth-order valence-electron chi connectivity index (χ4n) is 7.66. The number of rotatable bonds is 2. The molecule has 3 N–H and O–H groups in total. The monoisotopic (exact) mass is 528 g/mol. The first-order chi connectivity index (χ1) is 18.6. The minimum Gasteiger partial charge on any atom is -0.381 e. The lowest BCUT2D eigenvalue weighted by Crippen LogP contribution is -2.58. The molecule has 2 aromatic rings. The number of nitrogens with one attached hydrogen (secondary N) is 2. The van der Waals surface area contributed by atoms with Crippen LogP contribution in [0.5, 0.6) is 0 Å². The number of amides is 1. The Morgan fingerprint density at radius 2 is 1.90 bits per heavy atom. The first-order valence-corrected chi connectivity index (χ1v) is 13.9. The number of aliphatic hydroxyl groups is 1. The van der Waals surface area contributed by atoms with Crippen LogP contribution < -0.4 is 5.32 Å². The molecule has 1 aromatic carbocycles. The summed E-state index contributed by atoms with van der Waals surface area (Å²) in [5, 5.41) is 14.9. The lowest BCUT2D eigenvalue weighted by molar-refractivity contribution is -0.145. The van der Waals surface area contributed by atoms with Gasteiger partial charge >= 0.3 is 0 Å². The van der Waals surface area contributed by atoms with Crippen LogP contribution in [0.4, 0.5) is 0 Å². The van der Waals surface area contributed by atoms with Gasteiger partial charge < -0.3 is 20.1 Å². The van der Waals surface area contributed by atoms with Gasteiger partial charge in [0, 0.05) is 35.0 Å². The molecule has 1 amide bonds. The van der Waals surface area contributed by atoms with Gasteiger partial charge in [-0.05, 0) is 67.9 Å². The Morgan fingerprint density at radius 1 is 1.13 bits per heavy atom. The van der Waals surface area contributed by atoms with E-state index in [9.17, 15) is 19.5 Å². The number of benzene rings is 1. The number of aromatic amines is 1. The maximum Gasteiger partial charge on any atom is 0.235 e. The number of hydrogen-bond acceptors (Lipinski definition) is 5. The molecule has 1 saturated carbocycles. The number of aromatic nitrogens is 1. The zero-order chi connectivity index (χ0) is 27.7. The van der Waals surface area contributed by atoms with Crippen LogP contribution in [0.1, 0.15) is 39.7 Å². The second-order valence-electron chi connectivity index (χ2n) is 12.1. The van der Waals surface area contributed by atoms with Crippen LogP contribution in [0.15, 0.2) is 66.4 Å². The third-order valence-electron chi connectivity index (χ3n) is 9.86. The van der Waals surface area contributed by atoms with Gasteiger partial charge in [0.1, 0.15) is 11.5 Å². The molecule has 2 aliphatic carbocycles. The van der Waals surface area contributed by atoms with Gasteiger partial charge in [-0.3, -0.25) is 14.4 Å². The van der Waals surface area contributed by atoms with Crippen LogP contribution >= 0.6 is 0 Å². The molecule has 1 unspecified atom stereocenters. The van der Waals surface area contributed by atoms with E-state index in [0.29, 0.717) is 18.4 Å². The highest BCUT2D eigenvalue weighted by atomic mass is 16.6. The molecule has 3 fully saturated rings. The number of carbonyl (C=O) groups is 3. The number of ether oxygens (including phenoxy) is 1. The number of allylic oxidation sites excluding steroid dienone is 3. The molecule has 0 radical (unpaired) electrons. The first-order valence-electron chi connectivity index (χ1n) is 13.9. The van der Waals surface area contributed by atoms with E-state index in [-0.39, 0.29) is 35.8 Å². The normalized spacial score (nSPS) is 43.1. The van der Waals surface area contributed by atoms with Crippen molar-refractivity contribution in [3.05, 3.63) is 72.0 Å². The van der Waals surface area contributed by atoms with Gasteiger partial charge in [-0.15, -0.1) is 0 Å². The van der Waals surface area contributed by atoms with Crippen molar-refractivity contribution in [3.63, 3.8) is 0 Å². The summed E-state index contributed by atoms with van der Waals surface area (Å²) < 4.78 is 6.33. The number of H-pyrrole nitrogens is 1. The molecule has 4 aliphatic rings. The summed E-state index contributed by atoms with van der Waals surface area (Å²) in [6.45, 7) is 7.90. The Morgan fingerprint density at radius 3 is 2.69 bits per heavy atom. The van der Waals surface area contributed by atoms with Gasteiger partial charge in [-0.2, -0.15) is 0 Å². The molecule has 1 spiro atoms. The largest absolute Gasteiger partial charge is 0.381 e. The second kappa shape index (κ2) is 9.14. The van der Waals surface area contributed by atoms with Crippen molar-refractivity contribution in [2.75, 3.05) is 0 Å². The van der Waals surface area contributed by atoms with Crippen molar-refractivity contribution in [2.24, 2.45) is 29.1 Å². The summed E-state index contributed by atoms with van der Waals surface area (Å²) in [7, 11) is 0. The van der Waals surface area contributed by atoms with E-state index >= 15 is 0 Å². The highest BCUT2D eigenvalue weighted by Gasteiger charge is 2.78. The second-order valence-corrected chi connectivity index (χ2v) is 12.1. The van der Waals surface area contributed by atoms with E-state index < -0.39 is 34.6 Å². The van der Waals surface area contributed by atoms with Crippen LogP contribution in [0.3, 0.4) is 0 Å². The molecule has 6 rings (SSSR count). The Kier molecular flexibility index (Phi) is 6.08. The van der Waals surface area contributed by atoms with Crippen LogP contribution in [0, 0.1) is 29.1 Å². The van der Waals surface area contributed by atoms with Gasteiger partial charge in [-0.25, -0.2) is 0 Å². The molecular formula is C32H36N2O5. The maximum atomic E-state index is 14.2. The average molecular weight is 529 g/mol. The fraction of sp³-hybridized carbons (Fsp3) is 0.469. The first kappa shape index (κ1) is 26.0. The Bertz CT molecular complexity index is 1450. The average Bonchev–Trinajstić information content (AvgIpc) is 3.31. The van der Waals surface area contributed by atoms with Gasteiger partial charge in [0.2, 0.25) is 5.91 Å². The molecule has 7 heteroatoms. The van der Waals surface area contributed by atoms with E-state index in [1.54, 1.807) is 6.92 Å². The number of aliphatic hydroxyl groups excluding tert-OH is 1. The molecule has 1 aromatic heterocycles. The topological polar surface area (TPSA) is 112 Å². The van der Waals surface area contributed by atoms with Crippen molar-refractivity contribution in [1.29, 1.82) is 0 Å². The zero-order valence-electron chi connectivity index (χ0n) is 22.8. The lowest BCUT2D eigenvalue weighted by atomic mass is 9.51. The maximum absolute atomic E-state index is 14.2. The van der Waals surface area contributed by atoms with Gasteiger partial charge in [0.05, 0.1) is 11.7 Å². The Labute approximate surface area is 228 Å². The SMILES string of the molecule is C/C1=C/[C@@H](C)C/C=C/[C@H]2[C@@H]3O[C@]3(C)[C@@H](C)[C@H]3[C@H](Cc4c[nH]c5ccccc45)NC(=O)[C@@]32C(=O)/C=C/C(=O)C1O. The molecule has 9 atom stereocenters. The van der Waals surface area contributed by atoms with E-state index in [0.717, 1.165) is 22.5 Å². The summed E-state index contributed by atoms with van der Waals surface area (Å²) in [5.74, 6) is -2.11. The predicted octanol–water partition coefficient (Wildman–Crippen LogP) is 3.83. The van der Waals surface area contributed by atoms with Crippen LogP contribution in [0.2, 0.25) is 0 Å². The Hall–Kier alpha value is -3.29. The van der Waals surface area contributed by atoms with Gasteiger partial charge in [-0.1, -0.05) is 50.3 Å². The minimum absolute atomic E-state index is 0.0666. The van der Waals surface area contributed by atoms with E-state index in [1.807, 2.05) is 49.5 Å². The summed E-state index contributed by atoms with van der Waals surface area (Å²) in [5.41, 5.74) is 0.805. The summed E-state index contributed by atoms with van der Waals surface area (Å²) >= 11 is 0. The van der Waals surface area contributed by atoms with Crippen molar-refractivity contribution in [2.45, 2.75) is 64.4 Å². The molecule has 3 heterocycles. The summed E-state index contributed by atoms with van der Waals surface area (Å²) in [6, 6.07) is 7.77. The van der Waals surface area contributed by atoms with E-state index in [1.165, 1.54) is 6.08 Å². The molecule has 2 aliphatic heterocycles. The quantitative estimate of drug-likeness (QED) is 0.312. The number of epoxide rings is 1. The minimum atomic E-state index is -1.41. The summed E-state index contributed by atoms with van der Waals surface area (Å²) in [4.78, 5) is 44.5. The molecular weight excluding hydrogens is 492 g/mol.